The minimum atomic E-state index is -2.73. The molecule has 0 bridgehead atoms. The molecular formula is C19H16F2N2O6. The Labute approximate surface area is 162 Å². The number of carbonyl (C=O) groups excluding carboxylic acids is 3. The largest absolute Gasteiger partial charge is 0.422 e. The molecule has 152 valence electrons. The van der Waals surface area contributed by atoms with Crippen LogP contribution in [0.5, 0.6) is 0 Å². The van der Waals surface area contributed by atoms with Gasteiger partial charge < -0.3 is 14.2 Å². The van der Waals surface area contributed by atoms with Gasteiger partial charge in [0.2, 0.25) is 0 Å². The first kappa shape index (κ1) is 19.0. The van der Waals surface area contributed by atoms with Crippen molar-refractivity contribution in [2.75, 3.05) is 18.0 Å². The highest BCUT2D eigenvalue weighted by Gasteiger charge is 2.44. The maximum atomic E-state index is 13.1. The monoisotopic (exact) mass is 406 g/mol. The van der Waals surface area contributed by atoms with E-state index in [-0.39, 0.29) is 24.0 Å². The Morgan fingerprint density at radius 2 is 1.83 bits per heavy atom. The quantitative estimate of drug-likeness (QED) is 0.563. The topological polar surface area (TPSA) is 97.1 Å². The Morgan fingerprint density at radius 1 is 1.17 bits per heavy atom. The minimum Gasteiger partial charge on any atom is -0.422 e. The SMILES string of the molecule is Cc1c(CC(=O)ON2C(=O)CCC2=O)c(=O)oc2cc(N3CC(F)(F)C3)ccc12. The van der Waals surface area contributed by atoms with Gasteiger partial charge in [0, 0.05) is 30.0 Å². The van der Waals surface area contributed by atoms with E-state index in [1.54, 1.807) is 19.1 Å². The second-order valence-corrected chi connectivity index (χ2v) is 7.11. The van der Waals surface area contributed by atoms with Crippen molar-refractivity contribution in [3.05, 3.63) is 39.7 Å². The lowest BCUT2D eigenvalue weighted by Gasteiger charge is -2.40. The molecule has 0 saturated carbocycles. The zero-order chi connectivity index (χ0) is 20.9. The number of fused-ring (bicyclic) bond motifs is 1. The van der Waals surface area contributed by atoms with E-state index in [1.165, 1.54) is 11.0 Å². The van der Waals surface area contributed by atoms with Crippen molar-refractivity contribution in [2.24, 2.45) is 0 Å². The van der Waals surface area contributed by atoms with E-state index >= 15 is 0 Å². The summed E-state index contributed by atoms with van der Waals surface area (Å²) >= 11 is 0. The fraction of sp³-hybridized carbons (Fsp3) is 0.368. The van der Waals surface area contributed by atoms with Crippen LogP contribution in [-0.4, -0.2) is 41.9 Å². The number of anilines is 1. The molecule has 0 spiro atoms. The molecule has 0 unspecified atom stereocenters. The third kappa shape index (κ3) is 3.45. The first-order valence-corrected chi connectivity index (χ1v) is 8.90. The van der Waals surface area contributed by atoms with E-state index in [4.69, 9.17) is 9.25 Å². The second-order valence-electron chi connectivity index (χ2n) is 7.11. The number of imide groups is 1. The number of rotatable bonds is 4. The molecule has 10 heteroatoms. The number of nitrogens with zero attached hydrogens (tertiary/aromatic N) is 2. The van der Waals surface area contributed by atoms with Gasteiger partial charge in [-0.1, -0.05) is 0 Å². The molecule has 2 aliphatic heterocycles. The summed E-state index contributed by atoms with van der Waals surface area (Å²) < 4.78 is 31.4. The van der Waals surface area contributed by atoms with Crippen LogP contribution in [0.15, 0.2) is 27.4 Å². The van der Waals surface area contributed by atoms with Gasteiger partial charge in [0.15, 0.2) is 0 Å². The number of alkyl halides is 2. The van der Waals surface area contributed by atoms with Crippen molar-refractivity contribution in [3.63, 3.8) is 0 Å². The molecule has 2 aliphatic rings. The smallest absolute Gasteiger partial charge is 0.340 e. The van der Waals surface area contributed by atoms with Gasteiger partial charge >= 0.3 is 11.6 Å². The normalized spacial score (nSPS) is 18.3. The molecule has 2 fully saturated rings. The van der Waals surface area contributed by atoms with Crippen LogP contribution >= 0.6 is 0 Å². The van der Waals surface area contributed by atoms with Crippen molar-refractivity contribution in [1.82, 2.24) is 5.06 Å². The number of hydrogen-bond donors (Lipinski definition) is 0. The van der Waals surface area contributed by atoms with Gasteiger partial charge in [0.05, 0.1) is 25.1 Å². The third-order valence-electron chi connectivity index (χ3n) is 5.00. The summed E-state index contributed by atoms with van der Waals surface area (Å²) in [5.74, 6) is -4.90. The molecule has 2 amide bonds. The molecular weight excluding hydrogens is 390 g/mol. The van der Waals surface area contributed by atoms with Crippen molar-refractivity contribution < 1.29 is 32.4 Å². The first-order chi connectivity index (χ1) is 13.6. The Morgan fingerprint density at radius 3 is 2.45 bits per heavy atom. The highest BCUT2D eigenvalue weighted by atomic mass is 19.3. The summed E-state index contributed by atoms with van der Waals surface area (Å²) in [5, 5.41) is 0.951. The number of amides is 2. The third-order valence-corrected chi connectivity index (χ3v) is 5.00. The predicted molar refractivity (Wildman–Crippen MR) is 95.3 cm³/mol. The molecule has 0 atom stereocenters. The fourth-order valence-electron chi connectivity index (χ4n) is 3.41. The van der Waals surface area contributed by atoms with Crippen LogP contribution in [0, 0.1) is 6.92 Å². The van der Waals surface area contributed by atoms with E-state index in [1.807, 2.05) is 0 Å². The van der Waals surface area contributed by atoms with Crippen molar-refractivity contribution in [1.29, 1.82) is 0 Å². The van der Waals surface area contributed by atoms with Crippen LogP contribution in [0.25, 0.3) is 11.0 Å². The Bertz CT molecular complexity index is 1090. The van der Waals surface area contributed by atoms with Gasteiger partial charge in [-0.25, -0.2) is 18.4 Å². The van der Waals surface area contributed by atoms with Crippen LogP contribution in [0.2, 0.25) is 0 Å². The fourth-order valence-corrected chi connectivity index (χ4v) is 3.41. The van der Waals surface area contributed by atoms with Crippen LogP contribution in [-0.2, 0) is 25.6 Å². The average molecular weight is 406 g/mol. The van der Waals surface area contributed by atoms with Gasteiger partial charge in [-0.2, -0.15) is 0 Å². The minimum absolute atomic E-state index is 0.0322. The molecule has 3 heterocycles. The number of halogens is 2. The van der Waals surface area contributed by atoms with Crippen molar-refractivity contribution in [3.8, 4) is 0 Å². The highest BCUT2D eigenvalue weighted by molar-refractivity contribution is 6.01. The van der Waals surface area contributed by atoms with E-state index in [9.17, 15) is 28.0 Å². The summed E-state index contributed by atoms with van der Waals surface area (Å²) in [6, 6.07) is 4.76. The molecule has 0 N–H and O–H groups in total. The molecule has 2 saturated heterocycles. The Kier molecular flexibility index (Phi) is 4.36. The Balaban J connectivity index is 1.57. The number of benzene rings is 1. The lowest BCUT2D eigenvalue weighted by molar-refractivity contribution is -0.197. The van der Waals surface area contributed by atoms with Crippen LogP contribution in [0.3, 0.4) is 0 Å². The van der Waals surface area contributed by atoms with Crippen LogP contribution < -0.4 is 10.5 Å². The summed E-state index contributed by atoms with van der Waals surface area (Å²) in [5.41, 5.74) is 0.432. The highest BCUT2D eigenvalue weighted by Crippen LogP contribution is 2.33. The maximum Gasteiger partial charge on any atom is 0.340 e. The molecule has 4 rings (SSSR count). The van der Waals surface area contributed by atoms with Crippen molar-refractivity contribution >= 4 is 34.4 Å². The summed E-state index contributed by atoms with van der Waals surface area (Å²) in [6.07, 6.45) is -0.551. The molecule has 1 aromatic carbocycles. The summed E-state index contributed by atoms with van der Waals surface area (Å²) in [7, 11) is 0. The number of aryl methyl sites for hydroxylation is 1. The number of hydroxylamine groups is 2. The van der Waals surface area contributed by atoms with E-state index < -0.39 is 48.8 Å². The average Bonchev–Trinajstić information content (AvgIpc) is 2.94. The zero-order valence-electron chi connectivity index (χ0n) is 15.4. The molecule has 2 aromatic rings. The molecule has 29 heavy (non-hydrogen) atoms. The maximum absolute atomic E-state index is 13.1. The molecule has 0 aliphatic carbocycles. The van der Waals surface area contributed by atoms with Gasteiger partial charge in [-0.05, 0) is 24.6 Å². The van der Waals surface area contributed by atoms with E-state index in [2.05, 4.69) is 0 Å². The lowest BCUT2D eigenvalue weighted by atomic mass is 10.0. The van der Waals surface area contributed by atoms with E-state index in [0.717, 1.165) is 0 Å². The molecule has 1 aromatic heterocycles. The predicted octanol–water partition coefficient (Wildman–Crippen LogP) is 1.71. The standard InChI is InChI=1S/C19H16F2N2O6/c1-10-12-3-2-11(22-8-19(20,21)9-22)6-14(12)28-18(27)13(10)7-17(26)29-23-15(24)4-5-16(23)25/h2-3,6H,4-5,7-9H2,1H3. The van der Waals surface area contributed by atoms with Gasteiger partial charge in [0.25, 0.3) is 17.7 Å². The van der Waals surface area contributed by atoms with Gasteiger partial charge in [0.1, 0.15) is 5.58 Å². The zero-order valence-corrected chi connectivity index (χ0v) is 15.4. The summed E-state index contributed by atoms with van der Waals surface area (Å²) in [4.78, 5) is 53.8. The number of carbonyl (C=O) groups is 3. The second kappa shape index (κ2) is 6.64. The molecule has 0 radical (unpaired) electrons. The number of hydrogen-bond acceptors (Lipinski definition) is 7. The van der Waals surface area contributed by atoms with Gasteiger partial charge in [-0.15, -0.1) is 5.06 Å². The lowest BCUT2D eigenvalue weighted by Crippen LogP contribution is -2.56. The van der Waals surface area contributed by atoms with E-state index in [0.29, 0.717) is 21.7 Å². The van der Waals surface area contributed by atoms with Crippen LogP contribution in [0.1, 0.15) is 24.0 Å². The van der Waals surface area contributed by atoms with Crippen molar-refractivity contribution in [2.45, 2.75) is 32.1 Å². The summed E-state index contributed by atoms with van der Waals surface area (Å²) in [6.45, 7) is 0.810. The molecule has 8 nitrogen and oxygen atoms in total. The van der Waals surface area contributed by atoms with Gasteiger partial charge in [-0.3, -0.25) is 9.59 Å². The first-order valence-electron chi connectivity index (χ1n) is 8.90. The Hall–Kier alpha value is -3.30. The van der Waals surface area contributed by atoms with Crippen LogP contribution in [0.4, 0.5) is 14.5 Å².